The van der Waals surface area contributed by atoms with Crippen molar-refractivity contribution in [2.75, 3.05) is 6.54 Å². The van der Waals surface area contributed by atoms with Gasteiger partial charge in [0, 0.05) is 18.2 Å². The predicted octanol–water partition coefficient (Wildman–Crippen LogP) is 2.97. The highest BCUT2D eigenvalue weighted by atomic mass is 35.5. The number of fused-ring (bicyclic) bond motifs is 1. The Kier molecular flexibility index (Phi) is 3.84. The Hall–Kier alpha value is -1.26. The lowest BCUT2D eigenvalue weighted by atomic mass is 9.83. The summed E-state index contributed by atoms with van der Waals surface area (Å²) >= 11 is 6.37. The quantitative estimate of drug-likeness (QED) is 0.785. The number of phenols is 1. The molecule has 1 saturated heterocycles. The average molecular weight is 310 g/mol. The Morgan fingerprint density at radius 1 is 1.29 bits per heavy atom. The molecule has 1 aromatic carbocycles. The molecule has 0 radical (unpaired) electrons. The van der Waals surface area contributed by atoms with Gasteiger partial charge in [-0.25, -0.2) is 0 Å². The molecule has 3 rings (SSSR count). The van der Waals surface area contributed by atoms with Crippen molar-refractivity contribution < 1.29 is 15.0 Å². The fourth-order valence-electron chi connectivity index (χ4n) is 3.73. The van der Waals surface area contributed by atoms with Crippen LogP contribution >= 0.6 is 11.6 Å². The number of hydrogen-bond acceptors (Lipinski definition) is 3. The van der Waals surface area contributed by atoms with Crippen LogP contribution in [0.4, 0.5) is 0 Å². The summed E-state index contributed by atoms with van der Waals surface area (Å²) in [4.78, 5) is 11.1. The summed E-state index contributed by atoms with van der Waals surface area (Å²) < 4.78 is 0. The fraction of sp³-hybridized carbons (Fsp3) is 0.562. The number of carboxylic acids is 1. The molecule has 1 aliphatic heterocycles. The molecule has 1 aliphatic carbocycles. The molecule has 21 heavy (non-hydrogen) atoms. The Bertz CT molecular complexity index is 600. The van der Waals surface area contributed by atoms with E-state index in [4.69, 9.17) is 16.7 Å². The molecule has 0 aromatic heterocycles. The van der Waals surface area contributed by atoms with Gasteiger partial charge in [0.2, 0.25) is 0 Å². The zero-order chi connectivity index (χ0) is 15.1. The summed E-state index contributed by atoms with van der Waals surface area (Å²) in [7, 11) is 0. The second-order valence-electron chi connectivity index (χ2n) is 6.10. The van der Waals surface area contributed by atoms with Crippen molar-refractivity contribution in [2.45, 2.75) is 45.1 Å². The lowest BCUT2D eigenvalue weighted by Gasteiger charge is -2.26. The van der Waals surface area contributed by atoms with E-state index in [0.29, 0.717) is 18.0 Å². The van der Waals surface area contributed by atoms with Gasteiger partial charge >= 0.3 is 5.97 Å². The number of phenolic OH excluding ortho intramolecular Hbond substituents is 1. The third-order valence-corrected chi connectivity index (χ3v) is 5.29. The van der Waals surface area contributed by atoms with Crippen LogP contribution in [0.3, 0.4) is 0 Å². The summed E-state index contributed by atoms with van der Waals surface area (Å²) in [6.07, 6.45) is 4.65. The summed E-state index contributed by atoms with van der Waals surface area (Å²) in [5.74, 6) is -1.05. The van der Waals surface area contributed by atoms with Crippen LogP contribution in [0.5, 0.6) is 5.75 Å². The highest BCUT2D eigenvalue weighted by molar-refractivity contribution is 6.33. The number of hydrogen-bond donors (Lipinski definition) is 3. The van der Waals surface area contributed by atoms with E-state index in [1.54, 1.807) is 0 Å². The van der Waals surface area contributed by atoms with Gasteiger partial charge < -0.3 is 15.5 Å². The minimum Gasteiger partial charge on any atom is -0.506 e. The normalized spacial score (nSPS) is 24.9. The monoisotopic (exact) mass is 309 g/mol. The largest absolute Gasteiger partial charge is 0.506 e. The Labute approximate surface area is 129 Å². The topological polar surface area (TPSA) is 69.6 Å². The molecule has 0 saturated carbocycles. The third kappa shape index (κ3) is 2.40. The lowest BCUT2D eigenvalue weighted by Crippen LogP contribution is -2.18. The zero-order valence-electron chi connectivity index (χ0n) is 12.1. The molecule has 3 N–H and O–H groups in total. The number of nitrogens with one attached hydrogen (secondary N) is 1. The average Bonchev–Trinajstić information content (AvgIpc) is 2.95. The smallest absolute Gasteiger partial charge is 0.307 e. The van der Waals surface area contributed by atoms with Gasteiger partial charge in [-0.1, -0.05) is 11.6 Å². The van der Waals surface area contributed by atoms with Crippen LogP contribution in [0.2, 0.25) is 5.02 Å². The van der Waals surface area contributed by atoms with Crippen molar-refractivity contribution in [3.63, 3.8) is 0 Å². The maximum atomic E-state index is 11.1. The van der Waals surface area contributed by atoms with E-state index in [2.05, 4.69) is 5.32 Å². The molecule has 1 fully saturated rings. The first-order chi connectivity index (χ1) is 10.0. The minimum atomic E-state index is -0.786. The molecule has 2 unspecified atom stereocenters. The standard InChI is InChI=1S/C16H20ClNO3/c1-8-10-4-2-3-5-11(10)14(17)15(19)13(8)12-6-9(7-18-12)16(20)21/h9,12,18-19H,2-7H2,1H3,(H,20,21). The van der Waals surface area contributed by atoms with Gasteiger partial charge in [-0.2, -0.15) is 0 Å². The number of aliphatic carboxylic acids is 1. The van der Waals surface area contributed by atoms with E-state index in [1.165, 1.54) is 5.56 Å². The van der Waals surface area contributed by atoms with E-state index in [0.717, 1.165) is 42.4 Å². The van der Waals surface area contributed by atoms with Crippen LogP contribution in [-0.2, 0) is 17.6 Å². The first-order valence-corrected chi connectivity index (χ1v) is 7.87. The lowest BCUT2D eigenvalue weighted by molar-refractivity contribution is -0.141. The number of benzene rings is 1. The first-order valence-electron chi connectivity index (χ1n) is 7.49. The molecule has 1 aromatic rings. The van der Waals surface area contributed by atoms with Crippen LogP contribution < -0.4 is 5.32 Å². The highest BCUT2D eigenvalue weighted by Gasteiger charge is 2.34. The molecule has 0 bridgehead atoms. The second-order valence-corrected chi connectivity index (χ2v) is 6.48. The van der Waals surface area contributed by atoms with Gasteiger partial charge in [0.1, 0.15) is 5.75 Å². The molecule has 0 spiro atoms. The fourth-order valence-corrected chi connectivity index (χ4v) is 4.04. The van der Waals surface area contributed by atoms with Crippen LogP contribution in [0.1, 0.15) is 47.6 Å². The van der Waals surface area contributed by atoms with Crippen LogP contribution in [0, 0.1) is 12.8 Å². The van der Waals surface area contributed by atoms with E-state index in [-0.39, 0.29) is 11.8 Å². The number of carbonyl (C=O) groups is 1. The van der Waals surface area contributed by atoms with Crippen molar-refractivity contribution in [3.8, 4) is 5.75 Å². The van der Waals surface area contributed by atoms with Gasteiger partial charge in [-0.3, -0.25) is 4.79 Å². The Morgan fingerprint density at radius 2 is 1.95 bits per heavy atom. The first kappa shape index (κ1) is 14.7. The molecule has 0 amide bonds. The van der Waals surface area contributed by atoms with Gasteiger partial charge in [-0.05, 0) is 55.7 Å². The van der Waals surface area contributed by atoms with E-state index < -0.39 is 11.9 Å². The third-order valence-electron chi connectivity index (χ3n) is 4.88. The molecule has 2 aliphatic rings. The van der Waals surface area contributed by atoms with Crippen molar-refractivity contribution in [1.29, 1.82) is 0 Å². The molecule has 114 valence electrons. The summed E-state index contributed by atoms with van der Waals surface area (Å²) in [6, 6.07) is -0.129. The predicted molar refractivity (Wildman–Crippen MR) is 81.0 cm³/mol. The molecule has 2 atom stereocenters. The maximum absolute atomic E-state index is 11.1. The summed E-state index contributed by atoms with van der Waals surface area (Å²) in [5.41, 5.74) is 4.20. The van der Waals surface area contributed by atoms with Crippen molar-refractivity contribution in [1.82, 2.24) is 5.32 Å². The second kappa shape index (κ2) is 5.50. The highest BCUT2D eigenvalue weighted by Crippen LogP contribution is 2.44. The molecular formula is C16H20ClNO3. The van der Waals surface area contributed by atoms with Gasteiger partial charge in [0.25, 0.3) is 0 Å². The van der Waals surface area contributed by atoms with Crippen LogP contribution in [0.15, 0.2) is 0 Å². The zero-order valence-corrected chi connectivity index (χ0v) is 12.8. The molecule has 1 heterocycles. The van der Waals surface area contributed by atoms with E-state index in [1.807, 2.05) is 6.92 Å². The number of halogens is 1. The summed E-state index contributed by atoms with van der Waals surface area (Å²) in [5, 5.41) is 23.3. The van der Waals surface area contributed by atoms with Crippen molar-refractivity contribution in [2.24, 2.45) is 5.92 Å². The number of rotatable bonds is 2. The number of carboxylic acid groups (broad SMARTS) is 1. The van der Waals surface area contributed by atoms with E-state index in [9.17, 15) is 9.90 Å². The minimum absolute atomic E-state index is 0.129. The molecular weight excluding hydrogens is 290 g/mol. The van der Waals surface area contributed by atoms with Crippen LogP contribution in [-0.4, -0.2) is 22.7 Å². The Balaban J connectivity index is 2.03. The SMILES string of the molecule is Cc1c2c(c(Cl)c(O)c1C1CC(C(=O)O)CN1)CCCC2. The van der Waals surface area contributed by atoms with Crippen LogP contribution in [0.25, 0.3) is 0 Å². The molecule has 5 heteroatoms. The van der Waals surface area contributed by atoms with Gasteiger partial charge in [0.15, 0.2) is 0 Å². The van der Waals surface area contributed by atoms with Crippen molar-refractivity contribution >= 4 is 17.6 Å². The van der Waals surface area contributed by atoms with Crippen molar-refractivity contribution in [3.05, 3.63) is 27.3 Å². The summed E-state index contributed by atoms with van der Waals surface area (Å²) in [6.45, 7) is 2.46. The molecule has 4 nitrogen and oxygen atoms in total. The Morgan fingerprint density at radius 3 is 2.57 bits per heavy atom. The van der Waals surface area contributed by atoms with E-state index >= 15 is 0 Å². The van der Waals surface area contributed by atoms with Gasteiger partial charge in [0.05, 0.1) is 10.9 Å². The maximum Gasteiger partial charge on any atom is 0.307 e. The van der Waals surface area contributed by atoms with Gasteiger partial charge in [-0.15, -0.1) is 0 Å². The number of aromatic hydroxyl groups is 1.